The molecule has 0 amide bonds. The molecule has 0 rings (SSSR count). The van der Waals surface area contributed by atoms with Crippen LogP contribution in [0.1, 0.15) is 20.8 Å². The molecule has 0 bridgehead atoms. The summed E-state index contributed by atoms with van der Waals surface area (Å²) < 4.78 is 4.53. The molecule has 0 aromatic rings. The normalized spacial score (nSPS) is 15.0. The summed E-state index contributed by atoms with van der Waals surface area (Å²) in [6, 6.07) is 0. The highest BCUT2D eigenvalue weighted by Gasteiger charge is 2.26. The van der Waals surface area contributed by atoms with Crippen LogP contribution in [0.3, 0.4) is 0 Å². The van der Waals surface area contributed by atoms with Crippen LogP contribution in [0.4, 0.5) is 0 Å². The number of aliphatic hydroxyl groups is 1. The van der Waals surface area contributed by atoms with Crippen molar-refractivity contribution in [1.29, 1.82) is 0 Å². The van der Waals surface area contributed by atoms with E-state index in [4.69, 9.17) is 0 Å². The molecule has 2 atom stereocenters. The highest BCUT2D eigenvalue weighted by Crippen LogP contribution is 2.05. The fourth-order valence-electron chi connectivity index (χ4n) is 0.654. The van der Waals surface area contributed by atoms with Crippen LogP contribution in [0.25, 0.3) is 0 Å². The zero-order valence-electron chi connectivity index (χ0n) is 7.53. The van der Waals surface area contributed by atoms with Gasteiger partial charge in [-0.2, -0.15) is 0 Å². The Kier molecular flexibility index (Phi) is 4.51. The van der Waals surface area contributed by atoms with Crippen LogP contribution < -0.4 is 0 Å². The molecule has 0 radical (unpaired) electrons. The van der Waals surface area contributed by atoms with Crippen LogP contribution >= 0.6 is 0 Å². The molecule has 0 unspecified atom stereocenters. The van der Waals surface area contributed by atoms with E-state index in [1.54, 1.807) is 6.92 Å². The average Bonchev–Trinajstić information content (AvgIpc) is 2.02. The van der Waals surface area contributed by atoms with Gasteiger partial charge in [0.15, 0.2) is 6.10 Å². The summed E-state index contributed by atoms with van der Waals surface area (Å²) in [6.07, 6.45) is -1.33. The Labute approximate surface area is 71.5 Å². The Morgan fingerprint density at radius 1 is 1.50 bits per heavy atom. The van der Waals surface area contributed by atoms with E-state index in [9.17, 15) is 14.7 Å². The quantitative estimate of drug-likeness (QED) is 0.615. The molecule has 0 aromatic carbocycles. The molecule has 70 valence electrons. The minimum Gasteiger partial charge on any atom is -0.464 e. The number of carbonyl (C=O) groups excluding carboxylic acids is 2. The van der Waals surface area contributed by atoms with Gasteiger partial charge in [-0.15, -0.1) is 0 Å². The zero-order valence-corrected chi connectivity index (χ0v) is 7.53. The number of ether oxygens (including phenoxy) is 1. The Morgan fingerprint density at radius 2 is 2.00 bits per heavy atom. The standard InChI is InChI=1S/C8H14O4/c1-4-12-8(11)7(10)5(2)6(3)9/h5,7,10H,4H2,1-3H3/t5-,7+/m1/s1. The number of esters is 1. The fourth-order valence-corrected chi connectivity index (χ4v) is 0.654. The van der Waals surface area contributed by atoms with Crippen molar-refractivity contribution in [1.82, 2.24) is 0 Å². The third-order valence-corrected chi connectivity index (χ3v) is 1.64. The van der Waals surface area contributed by atoms with Crippen molar-refractivity contribution in [2.75, 3.05) is 6.61 Å². The first-order chi connectivity index (χ1) is 5.50. The topological polar surface area (TPSA) is 63.6 Å². The van der Waals surface area contributed by atoms with Gasteiger partial charge in [0.05, 0.1) is 12.5 Å². The molecule has 0 aliphatic heterocycles. The number of hydrogen-bond acceptors (Lipinski definition) is 4. The van der Waals surface area contributed by atoms with Crippen molar-refractivity contribution in [2.24, 2.45) is 5.92 Å². The Bertz CT molecular complexity index is 176. The van der Waals surface area contributed by atoms with Gasteiger partial charge in [-0.3, -0.25) is 4.79 Å². The van der Waals surface area contributed by atoms with E-state index in [0.29, 0.717) is 0 Å². The van der Waals surface area contributed by atoms with Gasteiger partial charge in [0.1, 0.15) is 5.78 Å². The first-order valence-corrected chi connectivity index (χ1v) is 3.85. The summed E-state index contributed by atoms with van der Waals surface area (Å²) in [7, 11) is 0. The van der Waals surface area contributed by atoms with Gasteiger partial charge in [-0.05, 0) is 13.8 Å². The number of Topliss-reactive ketones (excluding diaryl/α,β-unsaturated/α-hetero) is 1. The van der Waals surface area contributed by atoms with E-state index in [2.05, 4.69) is 4.74 Å². The van der Waals surface area contributed by atoms with Gasteiger partial charge in [-0.1, -0.05) is 6.92 Å². The lowest BCUT2D eigenvalue weighted by Gasteiger charge is -2.13. The number of ketones is 1. The Morgan fingerprint density at radius 3 is 2.33 bits per heavy atom. The van der Waals surface area contributed by atoms with Crippen molar-refractivity contribution >= 4 is 11.8 Å². The van der Waals surface area contributed by atoms with Crippen LogP contribution in [-0.4, -0.2) is 29.6 Å². The smallest absolute Gasteiger partial charge is 0.335 e. The van der Waals surface area contributed by atoms with Gasteiger partial charge in [0.2, 0.25) is 0 Å². The number of rotatable bonds is 4. The Hall–Kier alpha value is -0.900. The number of hydrogen-bond donors (Lipinski definition) is 1. The summed E-state index contributed by atoms with van der Waals surface area (Å²) in [5.74, 6) is -1.65. The average molecular weight is 174 g/mol. The maximum absolute atomic E-state index is 10.9. The van der Waals surface area contributed by atoms with Crippen LogP contribution in [0.2, 0.25) is 0 Å². The molecular weight excluding hydrogens is 160 g/mol. The highest BCUT2D eigenvalue weighted by molar-refractivity contribution is 5.86. The van der Waals surface area contributed by atoms with Gasteiger partial charge in [0.25, 0.3) is 0 Å². The van der Waals surface area contributed by atoms with Crippen LogP contribution in [0.5, 0.6) is 0 Å². The summed E-state index contributed by atoms with van der Waals surface area (Å²) >= 11 is 0. The van der Waals surface area contributed by atoms with Gasteiger partial charge in [-0.25, -0.2) is 4.79 Å². The van der Waals surface area contributed by atoms with E-state index < -0.39 is 18.0 Å². The SMILES string of the molecule is CCOC(=O)[C@@H](O)[C@H](C)C(C)=O. The van der Waals surface area contributed by atoms with Crippen molar-refractivity contribution in [2.45, 2.75) is 26.9 Å². The summed E-state index contributed by atoms with van der Waals surface area (Å²) in [5.41, 5.74) is 0. The van der Waals surface area contributed by atoms with E-state index in [1.165, 1.54) is 13.8 Å². The van der Waals surface area contributed by atoms with Gasteiger partial charge in [0, 0.05) is 0 Å². The minimum absolute atomic E-state index is 0.209. The molecular formula is C8H14O4. The van der Waals surface area contributed by atoms with Crippen LogP contribution in [0.15, 0.2) is 0 Å². The van der Waals surface area contributed by atoms with Crippen molar-refractivity contribution in [3.8, 4) is 0 Å². The molecule has 0 aliphatic carbocycles. The molecule has 0 heterocycles. The summed E-state index contributed by atoms with van der Waals surface area (Å²) in [5, 5.41) is 9.19. The first kappa shape index (κ1) is 11.1. The van der Waals surface area contributed by atoms with Crippen molar-refractivity contribution in [3.63, 3.8) is 0 Å². The Balaban J connectivity index is 4.09. The second-order valence-electron chi connectivity index (χ2n) is 2.60. The second kappa shape index (κ2) is 4.87. The third-order valence-electron chi connectivity index (χ3n) is 1.64. The molecule has 1 N–H and O–H groups in total. The summed E-state index contributed by atoms with van der Waals surface area (Å²) in [6.45, 7) is 4.67. The van der Waals surface area contributed by atoms with Gasteiger partial charge >= 0.3 is 5.97 Å². The fraction of sp³-hybridized carbons (Fsp3) is 0.750. The van der Waals surface area contributed by atoms with Crippen LogP contribution in [-0.2, 0) is 14.3 Å². The monoisotopic (exact) mass is 174 g/mol. The molecule has 0 saturated heterocycles. The van der Waals surface area contributed by atoms with Crippen LogP contribution in [0, 0.1) is 5.92 Å². The molecule has 0 fully saturated rings. The molecule has 12 heavy (non-hydrogen) atoms. The van der Waals surface area contributed by atoms with Crippen molar-refractivity contribution < 1.29 is 19.4 Å². The number of carbonyl (C=O) groups is 2. The van der Waals surface area contributed by atoms with E-state index in [0.717, 1.165) is 0 Å². The van der Waals surface area contributed by atoms with E-state index in [-0.39, 0.29) is 12.4 Å². The predicted molar refractivity (Wildman–Crippen MR) is 42.5 cm³/mol. The number of aliphatic hydroxyl groups excluding tert-OH is 1. The molecule has 4 nitrogen and oxygen atoms in total. The third kappa shape index (κ3) is 3.00. The first-order valence-electron chi connectivity index (χ1n) is 3.85. The zero-order chi connectivity index (χ0) is 9.72. The lowest BCUT2D eigenvalue weighted by atomic mass is 10.0. The van der Waals surface area contributed by atoms with E-state index >= 15 is 0 Å². The molecule has 4 heteroatoms. The lowest BCUT2D eigenvalue weighted by Crippen LogP contribution is -2.33. The molecule has 0 spiro atoms. The van der Waals surface area contributed by atoms with Gasteiger partial charge < -0.3 is 9.84 Å². The second-order valence-corrected chi connectivity index (χ2v) is 2.60. The molecule has 0 aliphatic rings. The maximum atomic E-state index is 10.9. The predicted octanol–water partition coefficient (Wildman–Crippen LogP) is 0.135. The largest absolute Gasteiger partial charge is 0.464 e. The maximum Gasteiger partial charge on any atom is 0.335 e. The van der Waals surface area contributed by atoms with E-state index in [1.807, 2.05) is 0 Å². The highest BCUT2D eigenvalue weighted by atomic mass is 16.5. The molecule has 0 saturated carbocycles. The lowest BCUT2D eigenvalue weighted by molar-refractivity contribution is -0.157. The van der Waals surface area contributed by atoms with Crippen molar-refractivity contribution in [3.05, 3.63) is 0 Å². The summed E-state index contributed by atoms with van der Waals surface area (Å²) in [4.78, 5) is 21.6. The minimum atomic E-state index is -1.33. The molecule has 0 aromatic heterocycles.